The maximum absolute atomic E-state index is 11.7. The average molecular weight is 238 g/mol. The summed E-state index contributed by atoms with van der Waals surface area (Å²) < 4.78 is 4.88. The number of methoxy groups -OCH3 is 1. The summed E-state index contributed by atoms with van der Waals surface area (Å²) in [6.07, 6.45) is 7.94. The highest BCUT2D eigenvalue weighted by Crippen LogP contribution is 2.32. The Kier molecular flexibility index (Phi) is 5.73. The quantitative estimate of drug-likeness (QED) is 0.535. The Hall–Kier alpha value is -0.790. The molecule has 2 heteroatoms. The van der Waals surface area contributed by atoms with Crippen molar-refractivity contribution in [2.75, 3.05) is 7.11 Å². The van der Waals surface area contributed by atoms with Gasteiger partial charge in [0.2, 0.25) is 0 Å². The lowest BCUT2D eigenvalue weighted by atomic mass is 9.79. The maximum Gasteiger partial charge on any atom is 0.309 e. The molecule has 98 valence electrons. The van der Waals surface area contributed by atoms with Crippen LogP contribution in [0.15, 0.2) is 11.6 Å². The number of ether oxygens (including phenoxy) is 1. The lowest BCUT2D eigenvalue weighted by Gasteiger charge is -2.27. The van der Waals surface area contributed by atoms with E-state index in [1.54, 1.807) is 0 Å². The van der Waals surface area contributed by atoms with Crippen LogP contribution in [-0.2, 0) is 9.53 Å². The van der Waals surface area contributed by atoms with Gasteiger partial charge in [-0.05, 0) is 37.5 Å². The zero-order valence-electron chi connectivity index (χ0n) is 11.7. The van der Waals surface area contributed by atoms with Crippen molar-refractivity contribution in [3.8, 4) is 0 Å². The van der Waals surface area contributed by atoms with Crippen molar-refractivity contribution >= 4 is 5.97 Å². The number of carbonyl (C=O) groups is 1. The number of hydrogen-bond acceptors (Lipinski definition) is 2. The molecule has 0 bridgehead atoms. The summed E-state index contributed by atoms with van der Waals surface area (Å²) in [5, 5.41) is 0. The van der Waals surface area contributed by atoms with Crippen LogP contribution in [0.3, 0.4) is 0 Å². The van der Waals surface area contributed by atoms with E-state index in [1.807, 2.05) is 0 Å². The molecule has 0 saturated carbocycles. The van der Waals surface area contributed by atoms with Gasteiger partial charge in [0.05, 0.1) is 13.0 Å². The second-order valence-corrected chi connectivity index (χ2v) is 5.70. The standard InChI is InChI=1S/C15H26O2/c1-11(2)6-5-7-13-9-8-12(3)14(10-13)15(16)17-4/h9,11-12,14H,5-8,10H2,1-4H3. The van der Waals surface area contributed by atoms with Crippen LogP contribution in [0.25, 0.3) is 0 Å². The van der Waals surface area contributed by atoms with E-state index in [0.717, 1.165) is 25.2 Å². The van der Waals surface area contributed by atoms with Crippen molar-refractivity contribution in [3.05, 3.63) is 11.6 Å². The van der Waals surface area contributed by atoms with Crippen molar-refractivity contribution in [2.24, 2.45) is 17.8 Å². The van der Waals surface area contributed by atoms with Gasteiger partial charge in [-0.3, -0.25) is 4.79 Å². The molecule has 17 heavy (non-hydrogen) atoms. The van der Waals surface area contributed by atoms with Crippen LogP contribution in [0.5, 0.6) is 0 Å². The highest BCUT2D eigenvalue weighted by atomic mass is 16.5. The second-order valence-electron chi connectivity index (χ2n) is 5.70. The van der Waals surface area contributed by atoms with Crippen molar-refractivity contribution in [3.63, 3.8) is 0 Å². The molecule has 2 atom stereocenters. The Morgan fingerprint density at radius 3 is 2.82 bits per heavy atom. The summed E-state index contributed by atoms with van der Waals surface area (Å²) in [7, 11) is 1.49. The van der Waals surface area contributed by atoms with Crippen LogP contribution in [0.2, 0.25) is 0 Å². The molecule has 1 rings (SSSR count). The minimum Gasteiger partial charge on any atom is -0.469 e. The molecule has 0 fully saturated rings. The van der Waals surface area contributed by atoms with Gasteiger partial charge in [-0.25, -0.2) is 0 Å². The summed E-state index contributed by atoms with van der Waals surface area (Å²) in [5.41, 5.74) is 1.46. The monoisotopic (exact) mass is 238 g/mol. The second kappa shape index (κ2) is 6.83. The fourth-order valence-electron chi connectivity index (χ4n) is 2.49. The molecule has 0 spiro atoms. The van der Waals surface area contributed by atoms with Crippen LogP contribution in [-0.4, -0.2) is 13.1 Å². The Labute approximate surface area is 105 Å². The molecule has 0 radical (unpaired) electrons. The first kappa shape index (κ1) is 14.3. The van der Waals surface area contributed by atoms with E-state index in [0.29, 0.717) is 5.92 Å². The molecule has 1 aliphatic rings. The smallest absolute Gasteiger partial charge is 0.309 e. The predicted molar refractivity (Wildman–Crippen MR) is 70.7 cm³/mol. The maximum atomic E-state index is 11.7. The molecule has 0 N–H and O–H groups in total. The fourth-order valence-corrected chi connectivity index (χ4v) is 2.49. The lowest BCUT2D eigenvalue weighted by Crippen LogP contribution is -2.26. The van der Waals surface area contributed by atoms with E-state index in [1.165, 1.54) is 25.5 Å². The Balaban J connectivity index is 2.45. The third-order valence-electron chi connectivity index (χ3n) is 3.73. The van der Waals surface area contributed by atoms with E-state index in [4.69, 9.17) is 4.74 Å². The van der Waals surface area contributed by atoms with Crippen molar-refractivity contribution in [1.82, 2.24) is 0 Å². The lowest BCUT2D eigenvalue weighted by molar-refractivity contribution is -0.147. The zero-order chi connectivity index (χ0) is 12.8. The molecule has 0 aromatic carbocycles. The molecule has 2 nitrogen and oxygen atoms in total. The normalized spacial score (nSPS) is 24.6. The van der Waals surface area contributed by atoms with E-state index >= 15 is 0 Å². The molecule has 2 unspecified atom stereocenters. The van der Waals surface area contributed by atoms with E-state index in [2.05, 4.69) is 26.8 Å². The minimum atomic E-state index is -0.0352. The van der Waals surface area contributed by atoms with Crippen molar-refractivity contribution < 1.29 is 9.53 Å². The molecule has 0 aromatic heterocycles. The van der Waals surface area contributed by atoms with Gasteiger partial charge in [0.1, 0.15) is 0 Å². The third-order valence-corrected chi connectivity index (χ3v) is 3.73. The summed E-state index contributed by atoms with van der Waals surface area (Å²) in [4.78, 5) is 11.7. The summed E-state index contributed by atoms with van der Waals surface area (Å²) in [5.74, 6) is 1.25. The van der Waals surface area contributed by atoms with Gasteiger partial charge in [0.25, 0.3) is 0 Å². The van der Waals surface area contributed by atoms with E-state index < -0.39 is 0 Å². The first-order valence-electron chi connectivity index (χ1n) is 6.80. The number of rotatable bonds is 5. The van der Waals surface area contributed by atoms with E-state index in [-0.39, 0.29) is 11.9 Å². The van der Waals surface area contributed by atoms with Gasteiger partial charge in [0, 0.05) is 0 Å². The van der Waals surface area contributed by atoms with Gasteiger partial charge in [-0.2, -0.15) is 0 Å². The van der Waals surface area contributed by atoms with Crippen LogP contribution < -0.4 is 0 Å². The van der Waals surface area contributed by atoms with E-state index in [9.17, 15) is 4.79 Å². The van der Waals surface area contributed by atoms with Gasteiger partial charge >= 0.3 is 5.97 Å². The number of hydrogen-bond donors (Lipinski definition) is 0. The molecular formula is C15H26O2. The topological polar surface area (TPSA) is 26.3 Å². The zero-order valence-corrected chi connectivity index (χ0v) is 11.7. The number of allylic oxidation sites excluding steroid dienone is 2. The number of esters is 1. The average Bonchev–Trinajstić information content (AvgIpc) is 2.30. The summed E-state index contributed by atoms with van der Waals surface area (Å²) in [6.45, 7) is 6.66. The Bertz CT molecular complexity index is 279. The van der Waals surface area contributed by atoms with Crippen LogP contribution in [0, 0.1) is 17.8 Å². The predicted octanol–water partition coefficient (Wildman–Crippen LogP) is 3.96. The van der Waals surface area contributed by atoms with Crippen molar-refractivity contribution in [2.45, 2.75) is 52.9 Å². The first-order valence-corrected chi connectivity index (χ1v) is 6.80. The largest absolute Gasteiger partial charge is 0.469 e. The highest BCUT2D eigenvalue weighted by Gasteiger charge is 2.29. The van der Waals surface area contributed by atoms with Gasteiger partial charge in [0.15, 0.2) is 0 Å². The Morgan fingerprint density at radius 2 is 2.24 bits per heavy atom. The summed E-state index contributed by atoms with van der Waals surface area (Å²) >= 11 is 0. The molecule has 1 aliphatic carbocycles. The van der Waals surface area contributed by atoms with Crippen LogP contribution in [0.4, 0.5) is 0 Å². The molecule has 0 aromatic rings. The van der Waals surface area contributed by atoms with Gasteiger partial charge < -0.3 is 4.74 Å². The molecule has 0 aliphatic heterocycles. The number of carbonyl (C=O) groups excluding carboxylic acids is 1. The highest BCUT2D eigenvalue weighted by molar-refractivity contribution is 5.73. The SMILES string of the molecule is COC(=O)C1CC(CCCC(C)C)=CCC1C. The minimum absolute atomic E-state index is 0.0352. The van der Waals surface area contributed by atoms with Crippen LogP contribution >= 0.6 is 0 Å². The fraction of sp³-hybridized carbons (Fsp3) is 0.800. The molecule has 0 heterocycles. The third kappa shape index (κ3) is 4.53. The first-order chi connectivity index (χ1) is 8.04. The Morgan fingerprint density at radius 1 is 1.53 bits per heavy atom. The van der Waals surface area contributed by atoms with Gasteiger partial charge in [-0.1, -0.05) is 38.8 Å². The van der Waals surface area contributed by atoms with Crippen LogP contribution in [0.1, 0.15) is 52.9 Å². The molecule has 0 saturated heterocycles. The van der Waals surface area contributed by atoms with Crippen molar-refractivity contribution in [1.29, 1.82) is 0 Å². The molecule has 0 amide bonds. The van der Waals surface area contributed by atoms with Gasteiger partial charge in [-0.15, -0.1) is 0 Å². The summed E-state index contributed by atoms with van der Waals surface area (Å²) in [6, 6.07) is 0. The molecular weight excluding hydrogens is 212 g/mol.